The molecule has 0 radical (unpaired) electrons. The second kappa shape index (κ2) is 4.00. The minimum atomic E-state index is 0.437. The number of anilines is 1. The maximum Gasteiger partial charge on any atom is 0.0903 e. The third kappa shape index (κ3) is 1.81. The average Bonchev–Trinajstić information content (AvgIpc) is 2.66. The summed E-state index contributed by atoms with van der Waals surface area (Å²) in [6.07, 6.45) is 1.97. The van der Waals surface area contributed by atoms with Crippen LogP contribution in [0.2, 0.25) is 0 Å². The molecule has 0 aliphatic carbocycles. The van der Waals surface area contributed by atoms with Crippen LogP contribution in [0.4, 0.5) is 5.69 Å². The number of nitrogen functional groups attached to an aromatic ring is 1. The van der Waals surface area contributed by atoms with Crippen LogP contribution in [0.25, 0.3) is 5.69 Å². The smallest absolute Gasteiger partial charge is 0.0903 e. The Bertz CT molecular complexity index is 477. The summed E-state index contributed by atoms with van der Waals surface area (Å²) >= 11 is 0. The second-order valence-corrected chi connectivity index (χ2v) is 4.35. The van der Waals surface area contributed by atoms with Gasteiger partial charge >= 0.3 is 0 Å². The molecule has 0 spiro atoms. The van der Waals surface area contributed by atoms with Crippen LogP contribution in [0.5, 0.6) is 0 Å². The maximum atomic E-state index is 5.98. The number of para-hydroxylation sites is 1. The molecule has 0 bridgehead atoms. The third-order valence-electron chi connectivity index (χ3n) is 2.70. The summed E-state index contributed by atoms with van der Waals surface area (Å²) in [5.74, 6) is 0.437. The molecule has 1 aromatic heterocycles. The predicted octanol–water partition coefficient (Wildman–Crippen LogP) is 2.89. The van der Waals surface area contributed by atoms with Gasteiger partial charge in [0.05, 0.1) is 17.1 Å². The van der Waals surface area contributed by atoms with Gasteiger partial charge in [-0.1, -0.05) is 26.0 Å². The van der Waals surface area contributed by atoms with Gasteiger partial charge in [-0.15, -0.1) is 0 Å². The highest BCUT2D eigenvalue weighted by Crippen LogP contribution is 2.22. The van der Waals surface area contributed by atoms with Crippen molar-refractivity contribution in [3.8, 4) is 5.69 Å². The Balaban J connectivity index is 2.50. The monoisotopic (exact) mass is 215 g/mol. The van der Waals surface area contributed by atoms with Crippen molar-refractivity contribution in [3.63, 3.8) is 0 Å². The molecule has 16 heavy (non-hydrogen) atoms. The van der Waals surface area contributed by atoms with Crippen LogP contribution in [0, 0.1) is 6.92 Å². The average molecular weight is 215 g/mol. The second-order valence-electron chi connectivity index (χ2n) is 4.35. The lowest BCUT2D eigenvalue weighted by molar-refractivity contribution is 0.767. The molecular weight excluding hydrogens is 198 g/mol. The van der Waals surface area contributed by atoms with Crippen molar-refractivity contribution >= 4 is 5.69 Å². The van der Waals surface area contributed by atoms with Gasteiger partial charge in [0, 0.05) is 6.20 Å². The lowest BCUT2D eigenvalue weighted by Crippen LogP contribution is -2.03. The van der Waals surface area contributed by atoms with E-state index in [4.69, 9.17) is 5.73 Å². The first-order chi connectivity index (χ1) is 7.59. The molecule has 0 amide bonds. The highest BCUT2D eigenvalue weighted by Gasteiger charge is 2.08. The minimum Gasteiger partial charge on any atom is -0.397 e. The molecule has 0 saturated heterocycles. The van der Waals surface area contributed by atoms with Gasteiger partial charge in [0.1, 0.15) is 0 Å². The van der Waals surface area contributed by atoms with E-state index in [0.29, 0.717) is 5.92 Å². The van der Waals surface area contributed by atoms with Crippen molar-refractivity contribution in [2.75, 3.05) is 5.73 Å². The number of aryl methyl sites for hydroxylation is 1. The fourth-order valence-corrected chi connectivity index (χ4v) is 1.77. The van der Waals surface area contributed by atoms with Crippen molar-refractivity contribution in [2.45, 2.75) is 26.7 Å². The molecule has 0 atom stereocenters. The summed E-state index contributed by atoms with van der Waals surface area (Å²) in [6.45, 7) is 6.31. The van der Waals surface area contributed by atoms with Crippen LogP contribution in [-0.2, 0) is 0 Å². The first-order valence-corrected chi connectivity index (χ1v) is 5.50. The van der Waals surface area contributed by atoms with Gasteiger partial charge < -0.3 is 5.73 Å². The molecule has 0 aliphatic heterocycles. The van der Waals surface area contributed by atoms with Gasteiger partial charge in [0.15, 0.2) is 0 Å². The van der Waals surface area contributed by atoms with Crippen LogP contribution in [0.15, 0.2) is 30.5 Å². The van der Waals surface area contributed by atoms with Gasteiger partial charge in [-0.3, -0.25) is 0 Å². The summed E-state index contributed by atoms with van der Waals surface area (Å²) in [4.78, 5) is 0. The predicted molar refractivity (Wildman–Crippen MR) is 66.8 cm³/mol. The number of hydrogen-bond acceptors (Lipinski definition) is 2. The highest BCUT2D eigenvalue weighted by molar-refractivity contribution is 5.61. The van der Waals surface area contributed by atoms with Crippen LogP contribution < -0.4 is 5.73 Å². The van der Waals surface area contributed by atoms with Crippen molar-refractivity contribution in [1.29, 1.82) is 0 Å². The quantitative estimate of drug-likeness (QED) is 0.783. The summed E-state index contributed by atoms with van der Waals surface area (Å²) < 4.78 is 1.86. The van der Waals surface area contributed by atoms with Gasteiger partial charge in [0.25, 0.3) is 0 Å². The Morgan fingerprint density at radius 3 is 2.56 bits per heavy atom. The zero-order valence-electron chi connectivity index (χ0n) is 9.94. The van der Waals surface area contributed by atoms with E-state index in [-0.39, 0.29) is 0 Å². The van der Waals surface area contributed by atoms with E-state index in [0.717, 1.165) is 22.6 Å². The molecule has 0 aliphatic rings. The summed E-state index contributed by atoms with van der Waals surface area (Å²) in [5.41, 5.74) is 9.94. The Labute approximate surface area is 95.9 Å². The van der Waals surface area contributed by atoms with Crippen LogP contribution in [0.3, 0.4) is 0 Å². The van der Waals surface area contributed by atoms with E-state index in [1.165, 1.54) is 0 Å². The first-order valence-electron chi connectivity index (χ1n) is 5.50. The molecule has 2 aromatic rings. The van der Waals surface area contributed by atoms with E-state index in [1.54, 1.807) is 0 Å². The number of hydrogen-bond donors (Lipinski definition) is 1. The number of nitrogens with two attached hydrogens (primary N) is 1. The maximum absolute atomic E-state index is 5.98. The van der Waals surface area contributed by atoms with Gasteiger partial charge in [-0.25, -0.2) is 4.68 Å². The van der Waals surface area contributed by atoms with E-state index in [1.807, 2.05) is 42.1 Å². The fourth-order valence-electron chi connectivity index (χ4n) is 1.77. The number of aromatic nitrogens is 2. The van der Waals surface area contributed by atoms with Crippen molar-refractivity contribution in [2.24, 2.45) is 0 Å². The Morgan fingerprint density at radius 2 is 2.00 bits per heavy atom. The van der Waals surface area contributed by atoms with Crippen LogP contribution in [0.1, 0.15) is 31.0 Å². The van der Waals surface area contributed by atoms with E-state index in [2.05, 4.69) is 18.9 Å². The molecule has 0 saturated carbocycles. The number of benzene rings is 1. The Kier molecular flexibility index (Phi) is 2.69. The standard InChI is InChI=1S/C13H17N3/c1-9(2)12-7-8-16(15-12)13-10(3)5-4-6-11(13)14/h4-9H,14H2,1-3H3. The van der Waals surface area contributed by atoms with Crippen molar-refractivity contribution in [3.05, 3.63) is 41.7 Å². The highest BCUT2D eigenvalue weighted by atomic mass is 15.3. The third-order valence-corrected chi connectivity index (χ3v) is 2.70. The Hall–Kier alpha value is -1.77. The Morgan fingerprint density at radius 1 is 1.25 bits per heavy atom. The summed E-state index contributed by atoms with van der Waals surface area (Å²) in [7, 11) is 0. The number of rotatable bonds is 2. The summed E-state index contributed by atoms with van der Waals surface area (Å²) in [6, 6.07) is 7.94. The van der Waals surface area contributed by atoms with Gasteiger partial charge in [0.2, 0.25) is 0 Å². The molecule has 2 rings (SSSR count). The molecule has 0 unspecified atom stereocenters. The molecule has 3 heteroatoms. The topological polar surface area (TPSA) is 43.8 Å². The van der Waals surface area contributed by atoms with Crippen LogP contribution >= 0.6 is 0 Å². The SMILES string of the molecule is Cc1cccc(N)c1-n1ccc(C(C)C)n1. The molecular formula is C13H17N3. The minimum absolute atomic E-state index is 0.437. The van der Waals surface area contributed by atoms with Gasteiger partial charge in [-0.05, 0) is 30.5 Å². The van der Waals surface area contributed by atoms with Crippen molar-refractivity contribution in [1.82, 2.24) is 9.78 Å². The normalized spacial score (nSPS) is 11.0. The molecule has 0 fully saturated rings. The lowest BCUT2D eigenvalue weighted by Gasteiger charge is -2.09. The van der Waals surface area contributed by atoms with Crippen molar-refractivity contribution < 1.29 is 0 Å². The van der Waals surface area contributed by atoms with Crippen LogP contribution in [-0.4, -0.2) is 9.78 Å². The summed E-state index contributed by atoms with van der Waals surface area (Å²) in [5, 5.41) is 4.54. The molecule has 84 valence electrons. The molecule has 2 N–H and O–H groups in total. The van der Waals surface area contributed by atoms with E-state index < -0.39 is 0 Å². The first kappa shape index (κ1) is 10.7. The zero-order valence-corrected chi connectivity index (χ0v) is 9.94. The number of nitrogens with zero attached hydrogens (tertiary/aromatic N) is 2. The largest absolute Gasteiger partial charge is 0.397 e. The molecule has 3 nitrogen and oxygen atoms in total. The van der Waals surface area contributed by atoms with E-state index in [9.17, 15) is 0 Å². The zero-order chi connectivity index (χ0) is 11.7. The molecule has 1 aromatic carbocycles. The lowest BCUT2D eigenvalue weighted by atomic mass is 10.1. The van der Waals surface area contributed by atoms with E-state index >= 15 is 0 Å². The fraction of sp³-hybridized carbons (Fsp3) is 0.308. The molecule has 1 heterocycles. The van der Waals surface area contributed by atoms with Gasteiger partial charge in [-0.2, -0.15) is 5.10 Å².